The molecule has 0 saturated carbocycles. The first-order chi connectivity index (χ1) is 18.5. The monoisotopic (exact) mass is 503 g/mol. The number of fused-ring (bicyclic) bond motifs is 10. The molecule has 2 amide bonds. The Morgan fingerprint density at radius 1 is 0.658 bits per heavy atom. The van der Waals surface area contributed by atoms with Crippen LogP contribution in [0.15, 0.2) is 60.7 Å². The summed E-state index contributed by atoms with van der Waals surface area (Å²) in [7, 11) is 0. The number of benzene rings is 5. The van der Waals surface area contributed by atoms with Crippen molar-refractivity contribution < 1.29 is 9.59 Å². The third kappa shape index (κ3) is 3.94. The van der Waals surface area contributed by atoms with E-state index in [9.17, 15) is 9.59 Å². The van der Waals surface area contributed by atoms with Gasteiger partial charge in [0.2, 0.25) is 0 Å². The molecule has 0 radical (unpaired) electrons. The number of rotatable bonds is 8. The van der Waals surface area contributed by atoms with E-state index >= 15 is 0 Å². The van der Waals surface area contributed by atoms with E-state index in [-0.39, 0.29) is 11.8 Å². The fourth-order valence-electron chi connectivity index (χ4n) is 5.97. The summed E-state index contributed by atoms with van der Waals surface area (Å²) in [5.41, 5.74) is 8.99. The van der Waals surface area contributed by atoms with E-state index in [1.165, 1.54) is 16.0 Å². The maximum Gasteiger partial charge on any atom is 0.262 e. The number of nitrogens with one attached hydrogen (secondary N) is 1. The molecule has 0 aromatic heterocycles. The standard InChI is InChI=1S/C33H33N3O2/c1-20-6-8-22-10-12-24-28(26(22)18-20)29-25(13-11-23-9-7-21(2)19-27(23)29)31-30(24)32(37)36(33(31)38)17-4-3-15-35-16-5-14-34/h6-13,18-19,35H,3-5,14-17,34H2,1-2H3. The zero-order chi connectivity index (χ0) is 26.4. The van der Waals surface area contributed by atoms with Gasteiger partial charge in [0.25, 0.3) is 11.8 Å². The fourth-order valence-corrected chi connectivity index (χ4v) is 5.97. The molecule has 0 atom stereocenters. The molecule has 5 heteroatoms. The van der Waals surface area contributed by atoms with E-state index < -0.39 is 0 Å². The Hall–Kier alpha value is -3.80. The second-order valence-electron chi connectivity index (χ2n) is 10.5. The van der Waals surface area contributed by atoms with Gasteiger partial charge in [-0.15, -0.1) is 0 Å². The van der Waals surface area contributed by atoms with Crippen LogP contribution in [0.25, 0.3) is 43.1 Å². The number of hydrogen-bond acceptors (Lipinski definition) is 4. The van der Waals surface area contributed by atoms with Crippen LogP contribution in [0.4, 0.5) is 0 Å². The summed E-state index contributed by atoms with van der Waals surface area (Å²) in [5.74, 6) is -0.353. The van der Waals surface area contributed by atoms with E-state index in [1.807, 2.05) is 12.1 Å². The van der Waals surface area contributed by atoms with Gasteiger partial charge in [0.1, 0.15) is 0 Å². The Labute approximate surface area is 222 Å². The molecule has 38 heavy (non-hydrogen) atoms. The highest BCUT2D eigenvalue weighted by Crippen LogP contribution is 2.44. The Kier molecular flexibility index (Phi) is 6.34. The summed E-state index contributed by atoms with van der Waals surface area (Å²) in [6.07, 6.45) is 2.61. The van der Waals surface area contributed by atoms with E-state index in [2.05, 4.69) is 67.7 Å². The van der Waals surface area contributed by atoms with Crippen molar-refractivity contribution in [1.29, 1.82) is 0 Å². The molecule has 5 aromatic carbocycles. The number of amides is 2. The van der Waals surface area contributed by atoms with Crippen LogP contribution in [-0.2, 0) is 0 Å². The average Bonchev–Trinajstić information content (AvgIpc) is 3.17. The molecule has 5 nitrogen and oxygen atoms in total. The summed E-state index contributed by atoms with van der Waals surface area (Å²) in [4.78, 5) is 29.2. The Bertz CT molecular complexity index is 1630. The maximum atomic E-state index is 13.9. The van der Waals surface area contributed by atoms with Crippen LogP contribution >= 0.6 is 0 Å². The molecule has 0 unspecified atom stereocenters. The van der Waals surface area contributed by atoms with Crippen molar-refractivity contribution in [2.75, 3.05) is 26.2 Å². The van der Waals surface area contributed by atoms with Crippen LogP contribution in [0.3, 0.4) is 0 Å². The van der Waals surface area contributed by atoms with Crippen LogP contribution in [0, 0.1) is 13.8 Å². The minimum Gasteiger partial charge on any atom is -0.330 e. The van der Waals surface area contributed by atoms with Gasteiger partial charge in [0.15, 0.2) is 0 Å². The number of nitrogens with zero attached hydrogens (tertiary/aromatic N) is 1. The van der Waals surface area contributed by atoms with E-state index in [4.69, 9.17) is 5.73 Å². The molecule has 0 saturated heterocycles. The van der Waals surface area contributed by atoms with Gasteiger partial charge in [-0.05, 0) is 95.8 Å². The Morgan fingerprint density at radius 2 is 1.16 bits per heavy atom. The zero-order valence-corrected chi connectivity index (χ0v) is 22.1. The highest BCUT2D eigenvalue weighted by atomic mass is 16.2. The van der Waals surface area contributed by atoms with E-state index in [0.29, 0.717) is 24.2 Å². The minimum atomic E-state index is -0.177. The number of imide groups is 1. The Balaban J connectivity index is 1.54. The normalized spacial score (nSPS) is 13.5. The fraction of sp³-hybridized carbons (Fsp3) is 0.273. The second-order valence-corrected chi connectivity index (χ2v) is 10.5. The average molecular weight is 504 g/mol. The van der Waals surface area contributed by atoms with Gasteiger partial charge in [-0.3, -0.25) is 14.5 Å². The van der Waals surface area contributed by atoms with Crippen LogP contribution in [0.5, 0.6) is 0 Å². The highest BCUT2D eigenvalue weighted by Gasteiger charge is 2.39. The van der Waals surface area contributed by atoms with Gasteiger partial charge in [-0.2, -0.15) is 0 Å². The van der Waals surface area contributed by atoms with E-state index in [0.717, 1.165) is 75.4 Å². The molecule has 1 aliphatic heterocycles. The molecular formula is C33H33N3O2. The molecule has 1 heterocycles. The number of carbonyl (C=O) groups is 2. The largest absolute Gasteiger partial charge is 0.330 e. The van der Waals surface area contributed by atoms with Gasteiger partial charge in [-0.25, -0.2) is 0 Å². The van der Waals surface area contributed by atoms with Crippen molar-refractivity contribution in [2.24, 2.45) is 5.73 Å². The van der Waals surface area contributed by atoms with Gasteiger partial charge in [0.05, 0.1) is 11.1 Å². The third-order valence-electron chi connectivity index (χ3n) is 7.85. The topological polar surface area (TPSA) is 75.4 Å². The molecule has 5 aromatic rings. The number of nitrogens with two attached hydrogens (primary N) is 1. The summed E-state index contributed by atoms with van der Waals surface area (Å²) in [6.45, 7) is 7.03. The summed E-state index contributed by atoms with van der Waals surface area (Å²) in [5, 5.41) is 11.7. The minimum absolute atomic E-state index is 0.177. The number of carbonyl (C=O) groups excluding carboxylic acids is 2. The smallest absolute Gasteiger partial charge is 0.262 e. The lowest BCUT2D eigenvalue weighted by Gasteiger charge is -2.15. The molecule has 0 bridgehead atoms. The lowest BCUT2D eigenvalue weighted by molar-refractivity contribution is 0.0653. The molecule has 3 N–H and O–H groups in total. The first kappa shape index (κ1) is 24.5. The lowest BCUT2D eigenvalue weighted by atomic mass is 9.87. The highest BCUT2D eigenvalue weighted by molar-refractivity contribution is 6.39. The van der Waals surface area contributed by atoms with E-state index in [1.54, 1.807) is 0 Å². The molecule has 6 rings (SSSR count). The third-order valence-corrected chi connectivity index (χ3v) is 7.85. The Morgan fingerprint density at radius 3 is 1.68 bits per heavy atom. The van der Waals surface area contributed by atoms with Gasteiger partial charge in [-0.1, -0.05) is 71.8 Å². The molecule has 0 aliphatic carbocycles. The van der Waals surface area contributed by atoms with Crippen molar-refractivity contribution >= 4 is 54.9 Å². The molecule has 0 spiro atoms. The van der Waals surface area contributed by atoms with Gasteiger partial charge in [0, 0.05) is 6.54 Å². The second kappa shape index (κ2) is 9.82. The summed E-state index contributed by atoms with van der Waals surface area (Å²) < 4.78 is 0. The molecule has 1 aliphatic rings. The zero-order valence-electron chi connectivity index (χ0n) is 22.1. The molecular weight excluding hydrogens is 470 g/mol. The lowest BCUT2D eigenvalue weighted by Crippen LogP contribution is -2.31. The summed E-state index contributed by atoms with van der Waals surface area (Å²) >= 11 is 0. The first-order valence-corrected chi connectivity index (χ1v) is 13.6. The summed E-state index contributed by atoms with van der Waals surface area (Å²) in [6, 6.07) is 21.1. The molecule has 192 valence electrons. The quantitative estimate of drug-likeness (QED) is 0.150. The number of aryl methyl sites for hydroxylation is 2. The predicted molar refractivity (Wildman–Crippen MR) is 157 cm³/mol. The maximum absolute atomic E-state index is 13.9. The number of unbranched alkanes of at least 4 members (excludes halogenated alkanes) is 1. The van der Waals surface area contributed by atoms with Crippen molar-refractivity contribution in [1.82, 2.24) is 10.2 Å². The number of hydrogen-bond donors (Lipinski definition) is 2. The van der Waals surface area contributed by atoms with Crippen LogP contribution in [-0.4, -0.2) is 42.9 Å². The SMILES string of the molecule is Cc1ccc2ccc3c4c(c5ccc6ccc(C)cc6c5c3c2c1)C(=O)N(CCCCNCCCN)C4=O. The van der Waals surface area contributed by atoms with Crippen LogP contribution in [0.1, 0.15) is 51.1 Å². The van der Waals surface area contributed by atoms with Crippen LogP contribution < -0.4 is 11.1 Å². The van der Waals surface area contributed by atoms with Crippen molar-refractivity contribution in [3.63, 3.8) is 0 Å². The predicted octanol–water partition coefficient (Wildman–Crippen LogP) is 6.23. The van der Waals surface area contributed by atoms with Crippen molar-refractivity contribution in [2.45, 2.75) is 33.1 Å². The van der Waals surface area contributed by atoms with Crippen molar-refractivity contribution in [3.05, 3.63) is 82.9 Å². The first-order valence-electron chi connectivity index (χ1n) is 13.6. The molecule has 0 fully saturated rings. The van der Waals surface area contributed by atoms with Gasteiger partial charge < -0.3 is 11.1 Å². The van der Waals surface area contributed by atoms with Crippen molar-refractivity contribution in [3.8, 4) is 0 Å². The van der Waals surface area contributed by atoms with Gasteiger partial charge >= 0.3 is 0 Å². The van der Waals surface area contributed by atoms with Crippen LogP contribution in [0.2, 0.25) is 0 Å².